The molecule has 138 valence electrons. The molecule has 1 aliphatic rings. The second-order valence-electron chi connectivity index (χ2n) is 6.45. The van der Waals surface area contributed by atoms with E-state index < -0.39 is 11.9 Å². The quantitative estimate of drug-likeness (QED) is 0.656. The van der Waals surface area contributed by atoms with Gasteiger partial charge in [-0.05, 0) is 42.3 Å². The molecule has 7 heteroatoms. The minimum Gasteiger partial charge on any atom is -0.450 e. The summed E-state index contributed by atoms with van der Waals surface area (Å²) in [6, 6.07) is 10.00. The molecule has 0 saturated heterocycles. The third-order valence-electron chi connectivity index (χ3n) is 4.77. The molecule has 0 fully saturated rings. The number of aliphatic hydroxyl groups excluding tert-OH is 1. The molecule has 0 bridgehead atoms. The van der Waals surface area contributed by atoms with E-state index in [1.165, 1.54) is 4.90 Å². The Bertz CT molecular complexity index is 1120. The second-order valence-corrected chi connectivity index (χ2v) is 7.77. The normalized spacial score (nSPS) is 16.2. The van der Waals surface area contributed by atoms with Crippen LogP contribution in [0.2, 0.25) is 5.02 Å². The van der Waals surface area contributed by atoms with Gasteiger partial charge in [-0.1, -0.05) is 39.7 Å². The van der Waals surface area contributed by atoms with Gasteiger partial charge in [-0.3, -0.25) is 9.59 Å². The summed E-state index contributed by atoms with van der Waals surface area (Å²) in [7, 11) is 0. The Morgan fingerprint density at radius 2 is 1.93 bits per heavy atom. The molecule has 27 heavy (non-hydrogen) atoms. The SMILES string of the molecule is Cc1cc2oc3c(c(=O)c2cc1Cl)[C@@H](c1ccc(Br)cc1)N(CCO)C3=O. The lowest BCUT2D eigenvalue weighted by Gasteiger charge is -2.24. The molecule has 0 saturated carbocycles. The minimum atomic E-state index is -0.617. The van der Waals surface area contributed by atoms with Crippen molar-refractivity contribution in [1.29, 1.82) is 0 Å². The number of aryl methyl sites for hydroxylation is 1. The molecule has 0 radical (unpaired) electrons. The summed E-state index contributed by atoms with van der Waals surface area (Å²) in [5.74, 6) is -0.380. The van der Waals surface area contributed by atoms with Crippen molar-refractivity contribution < 1.29 is 14.3 Å². The Hall–Kier alpha value is -2.15. The lowest BCUT2D eigenvalue weighted by Crippen LogP contribution is -2.32. The molecule has 2 heterocycles. The van der Waals surface area contributed by atoms with Crippen molar-refractivity contribution in [3.8, 4) is 0 Å². The Morgan fingerprint density at radius 1 is 1.22 bits per heavy atom. The van der Waals surface area contributed by atoms with Crippen LogP contribution in [0.15, 0.2) is 50.1 Å². The van der Waals surface area contributed by atoms with Crippen LogP contribution in [0.3, 0.4) is 0 Å². The molecule has 2 aromatic carbocycles. The highest BCUT2D eigenvalue weighted by Crippen LogP contribution is 2.38. The van der Waals surface area contributed by atoms with Gasteiger partial charge in [-0.2, -0.15) is 0 Å². The lowest BCUT2D eigenvalue weighted by atomic mass is 9.98. The maximum Gasteiger partial charge on any atom is 0.290 e. The van der Waals surface area contributed by atoms with Gasteiger partial charge in [0, 0.05) is 16.0 Å². The number of benzene rings is 2. The molecule has 5 nitrogen and oxygen atoms in total. The fourth-order valence-electron chi connectivity index (χ4n) is 3.47. The van der Waals surface area contributed by atoms with Crippen molar-refractivity contribution in [3.05, 3.63) is 78.6 Å². The number of nitrogens with zero attached hydrogens (tertiary/aromatic N) is 1. The van der Waals surface area contributed by atoms with Crippen LogP contribution in [0.1, 0.15) is 33.3 Å². The van der Waals surface area contributed by atoms with E-state index in [1.54, 1.807) is 19.1 Å². The monoisotopic (exact) mass is 447 g/mol. The highest BCUT2D eigenvalue weighted by molar-refractivity contribution is 9.10. The Balaban J connectivity index is 2.02. The average molecular weight is 449 g/mol. The van der Waals surface area contributed by atoms with E-state index in [9.17, 15) is 14.7 Å². The molecule has 1 aliphatic heterocycles. The average Bonchev–Trinajstić information content (AvgIpc) is 2.91. The number of rotatable bonds is 3. The summed E-state index contributed by atoms with van der Waals surface area (Å²) in [6.45, 7) is 1.68. The van der Waals surface area contributed by atoms with Crippen LogP contribution in [0.5, 0.6) is 0 Å². The van der Waals surface area contributed by atoms with Crippen LogP contribution < -0.4 is 5.43 Å². The first kappa shape index (κ1) is 18.2. The number of halogens is 2. The second kappa shape index (κ2) is 6.78. The number of carbonyl (C=O) groups excluding carboxylic acids is 1. The number of β-amino-alcohol motifs (C(OH)–C–C–N with tert-alkyl or cyclic N) is 1. The summed E-state index contributed by atoms with van der Waals surface area (Å²) < 4.78 is 6.73. The number of amides is 1. The van der Waals surface area contributed by atoms with Gasteiger partial charge in [0.25, 0.3) is 5.91 Å². The molecule has 1 amide bonds. The standard InChI is InChI=1S/C20H15BrClNO4/c1-10-8-15-13(9-14(10)22)18(25)16-17(11-2-4-12(21)5-3-11)23(6-7-24)20(26)19(16)27-15/h2-5,8-9,17,24H,6-7H2,1H3/t17-/m1/s1. The van der Waals surface area contributed by atoms with E-state index in [1.807, 2.05) is 24.3 Å². The molecular weight excluding hydrogens is 434 g/mol. The molecule has 1 N–H and O–H groups in total. The van der Waals surface area contributed by atoms with Crippen LogP contribution in [-0.2, 0) is 0 Å². The van der Waals surface area contributed by atoms with Gasteiger partial charge < -0.3 is 14.4 Å². The number of carbonyl (C=O) groups is 1. The fraction of sp³-hybridized carbons (Fsp3) is 0.200. The van der Waals surface area contributed by atoms with E-state index in [0.717, 1.165) is 15.6 Å². The summed E-state index contributed by atoms with van der Waals surface area (Å²) >= 11 is 9.58. The van der Waals surface area contributed by atoms with Crippen LogP contribution in [0.4, 0.5) is 0 Å². The van der Waals surface area contributed by atoms with Crippen LogP contribution >= 0.6 is 27.5 Å². The van der Waals surface area contributed by atoms with Gasteiger partial charge >= 0.3 is 0 Å². The van der Waals surface area contributed by atoms with Gasteiger partial charge in [-0.15, -0.1) is 0 Å². The van der Waals surface area contributed by atoms with Crippen molar-refractivity contribution in [2.45, 2.75) is 13.0 Å². The summed E-state index contributed by atoms with van der Waals surface area (Å²) in [5.41, 5.74) is 1.85. The number of aliphatic hydroxyl groups is 1. The summed E-state index contributed by atoms with van der Waals surface area (Å²) in [4.78, 5) is 27.7. The van der Waals surface area contributed by atoms with E-state index in [4.69, 9.17) is 16.0 Å². The third-order valence-corrected chi connectivity index (χ3v) is 5.71. The molecule has 1 aromatic heterocycles. The molecular formula is C20H15BrClNO4. The lowest BCUT2D eigenvalue weighted by molar-refractivity contribution is 0.0691. The zero-order valence-corrected chi connectivity index (χ0v) is 16.7. The first-order valence-electron chi connectivity index (χ1n) is 8.36. The minimum absolute atomic E-state index is 0.0237. The first-order valence-corrected chi connectivity index (χ1v) is 9.53. The molecule has 4 rings (SSSR count). The highest BCUT2D eigenvalue weighted by atomic mass is 79.9. The first-order chi connectivity index (χ1) is 12.9. The maximum atomic E-state index is 13.3. The van der Waals surface area contributed by atoms with Crippen LogP contribution in [0.25, 0.3) is 11.0 Å². The zero-order valence-electron chi connectivity index (χ0n) is 14.3. The smallest absolute Gasteiger partial charge is 0.290 e. The van der Waals surface area contributed by atoms with E-state index >= 15 is 0 Å². The van der Waals surface area contributed by atoms with Crippen molar-refractivity contribution in [3.63, 3.8) is 0 Å². The zero-order chi connectivity index (χ0) is 19.3. The van der Waals surface area contributed by atoms with E-state index in [0.29, 0.717) is 16.0 Å². The highest BCUT2D eigenvalue weighted by Gasteiger charge is 2.42. The largest absolute Gasteiger partial charge is 0.450 e. The fourth-order valence-corrected chi connectivity index (χ4v) is 3.90. The van der Waals surface area contributed by atoms with Gasteiger partial charge in [0.05, 0.1) is 23.6 Å². The van der Waals surface area contributed by atoms with Crippen molar-refractivity contribution in [2.75, 3.05) is 13.2 Å². The Kier molecular flexibility index (Phi) is 4.58. The predicted molar refractivity (Wildman–Crippen MR) is 106 cm³/mol. The Labute approximate surface area is 168 Å². The Morgan fingerprint density at radius 3 is 2.59 bits per heavy atom. The number of hydrogen-bond acceptors (Lipinski definition) is 4. The number of fused-ring (bicyclic) bond motifs is 2. The van der Waals surface area contributed by atoms with Gasteiger partial charge in [0.2, 0.25) is 5.76 Å². The van der Waals surface area contributed by atoms with Crippen LogP contribution in [-0.4, -0.2) is 29.1 Å². The molecule has 0 unspecified atom stereocenters. The van der Waals surface area contributed by atoms with Crippen molar-refractivity contribution >= 4 is 44.4 Å². The summed E-state index contributed by atoms with van der Waals surface area (Å²) in [6.07, 6.45) is 0. The molecule has 0 aliphatic carbocycles. The maximum absolute atomic E-state index is 13.3. The van der Waals surface area contributed by atoms with Gasteiger partial charge in [0.15, 0.2) is 5.43 Å². The van der Waals surface area contributed by atoms with Crippen LogP contribution in [0, 0.1) is 6.92 Å². The van der Waals surface area contributed by atoms with E-state index in [-0.39, 0.29) is 29.9 Å². The summed E-state index contributed by atoms with van der Waals surface area (Å²) in [5, 5.41) is 10.2. The van der Waals surface area contributed by atoms with Crippen molar-refractivity contribution in [2.24, 2.45) is 0 Å². The van der Waals surface area contributed by atoms with Crippen molar-refractivity contribution in [1.82, 2.24) is 4.90 Å². The predicted octanol–water partition coefficient (Wildman–Crippen LogP) is 4.05. The van der Waals surface area contributed by atoms with Gasteiger partial charge in [-0.25, -0.2) is 0 Å². The third kappa shape index (κ3) is 2.88. The molecule has 3 aromatic rings. The topological polar surface area (TPSA) is 70.8 Å². The van der Waals surface area contributed by atoms with E-state index in [2.05, 4.69) is 15.9 Å². The molecule has 1 atom stereocenters. The van der Waals surface area contributed by atoms with Gasteiger partial charge in [0.1, 0.15) is 5.58 Å². The number of hydrogen-bond donors (Lipinski definition) is 1. The molecule has 0 spiro atoms.